The van der Waals surface area contributed by atoms with E-state index in [0.29, 0.717) is 0 Å². The van der Waals surface area contributed by atoms with Gasteiger partial charge in [0.05, 0.1) is 11.6 Å². The molecule has 6 heteroatoms. The van der Waals surface area contributed by atoms with E-state index in [2.05, 4.69) is 20.5 Å². The summed E-state index contributed by atoms with van der Waals surface area (Å²) in [4.78, 5) is 5.40. The van der Waals surface area contributed by atoms with Crippen molar-refractivity contribution in [2.75, 3.05) is 5.32 Å². The zero-order chi connectivity index (χ0) is 9.97. The first-order valence-corrected chi connectivity index (χ1v) is 5.82. The normalized spacial score (nSPS) is 10.4. The van der Waals surface area contributed by atoms with Gasteiger partial charge >= 0.3 is 0 Å². The predicted octanol–water partition coefficient (Wildman–Crippen LogP) is 2.22. The number of hydrogen-bond donors (Lipinski definition) is 1. The van der Waals surface area contributed by atoms with Gasteiger partial charge in [-0.2, -0.15) is 0 Å². The Labute approximate surface area is 90.0 Å². The number of nitrogens with zero attached hydrogens (tertiary/aromatic N) is 3. The number of thiazole rings is 1. The highest BCUT2D eigenvalue weighted by atomic mass is 32.1. The molecule has 4 nitrogen and oxygen atoms in total. The Morgan fingerprint density at radius 3 is 2.64 bits per heavy atom. The Balaban J connectivity index is 1.94. The van der Waals surface area contributed by atoms with E-state index in [9.17, 15) is 0 Å². The van der Waals surface area contributed by atoms with Crippen molar-refractivity contribution >= 4 is 27.8 Å². The second-order valence-electron chi connectivity index (χ2n) is 2.83. The van der Waals surface area contributed by atoms with Crippen molar-refractivity contribution in [3.8, 4) is 0 Å². The van der Waals surface area contributed by atoms with Gasteiger partial charge in [-0.25, -0.2) is 4.98 Å². The molecule has 2 aromatic heterocycles. The largest absolute Gasteiger partial charge is 0.355 e. The Kier molecular flexibility index (Phi) is 2.74. The summed E-state index contributed by atoms with van der Waals surface area (Å²) in [6.45, 7) is 4.73. The van der Waals surface area contributed by atoms with Gasteiger partial charge in [0.2, 0.25) is 5.13 Å². The van der Waals surface area contributed by atoms with Gasteiger partial charge in [0.15, 0.2) is 0 Å². The predicted molar refractivity (Wildman–Crippen MR) is 58.8 cm³/mol. The lowest BCUT2D eigenvalue weighted by Crippen LogP contribution is -1.96. The van der Waals surface area contributed by atoms with E-state index in [4.69, 9.17) is 0 Å². The van der Waals surface area contributed by atoms with Crippen LogP contribution in [-0.4, -0.2) is 15.2 Å². The van der Waals surface area contributed by atoms with Crippen molar-refractivity contribution in [3.63, 3.8) is 0 Å². The first-order valence-electron chi connectivity index (χ1n) is 4.19. The fourth-order valence-electron chi connectivity index (χ4n) is 1.02. The molecule has 0 fully saturated rings. The number of anilines is 1. The summed E-state index contributed by atoms with van der Waals surface area (Å²) in [5, 5.41) is 14.1. The second-order valence-corrected chi connectivity index (χ2v) is 5.33. The maximum Gasteiger partial charge on any atom is 0.205 e. The average Bonchev–Trinajstić information content (AvgIpc) is 2.72. The van der Waals surface area contributed by atoms with Crippen LogP contribution in [0.15, 0.2) is 6.20 Å². The number of nitrogens with one attached hydrogen (secondary N) is 1. The quantitative estimate of drug-likeness (QED) is 0.872. The smallest absolute Gasteiger partial charge is 0.205 e. The Morgan fingerprint density at radius 2 is 2.07 bits per heavy atom. The summed E-state index contributed by atoms with van der Waals surface area (Å²) >= 11 is 3.26. The minimum atomic E-state index is 0.778. The van der Waals surface area contributed by atoms with Crippen LogP contribution in [0.4, 0.5) is 5.13 Å². The number of aromatic nitrogens is 3. The van der Waals surface area contributed by atoms with Gasteiger partial charge in [-0.05, 0) is 13.8 Å². The van der Waals surface area contributed by atoms with E-state index < -0.39 is 0 Å². The molecule has 0 radical (unpaired) electrons. The Morgan fingerprint density at radius 1 is 1.21 bits per heavy atom. The third-order valence-corrected chi connectivity index (χ3v) is 3.32. The highest BCUT2D eigenvalue weighted by Crippen LogP contribution is 2.17. The maximum absolute atomic E-state index is 4.18. The van der Waals surface area contributed by atoms with Crippen LogP contribution in [0.3, 0.4) is 0 Å². The first-order chi connectivity index (χ1) is 6.74. The van der Waals surface area contributed by atoms with Gasteiger partial charge < -0.3 is 5.32 Å². The lowest BCUT2D eigenvalue weighted by atomic mass is 10.5. The third kappa shape index (κ3) is 2.27. The van der Waals surface area contributed by atoms with Crippen LogP contribution in [0.1, 0.15) is 14.9 Å². The summed E-state index contributed by atoms with van der Waals surface area (Å²) in [7, 11) is 0. The molecule has 0 aromatic carbocycles. The molecule has 0 bridgehead atoms. The molecule has 0 aliphatic rings. The van der Waals surface area contributed by atoms with Gasteiger partial charge in [-0.15, -0.1) is 21.5 Å². The molecule has 0 saturated heterocycles. The van der Waals surface area contributed by atoms with Crippen LogP contribution >= 0.6 is 22.7 Å². The van der Waals surface area contributed by atoms with E-state index in [1.165, 1.54) is 4.88 Å². The van der Waals surface area contributed by atoms with Crippen LogP contribution in [0.2, 0.25) is 0 Å². The van der Waals surface area contributed by atoms with E-state index in [1.54, 1.807) is 22.7 Å². The fourth-order valence-corrected chi connectivity index (χ4v) is 2.34. The third-order valence-electron chi connectivity index (χ3n) is 1.61. The highest BCUT2D eigenvalue weighted by molar-refractivity contribution is 7.15. The summed E-state index contributed by atoms with van der Waals surface area (Å²) in [6, 6.07) is 0. The zero-order valence-corrected chi connectivity index (χ0v) is 9.58. The fraction of sp³-hybridized carbons (Fsp3) is 0.375. The summed E-state index contributed by atoms with van der Waals surface area (Å²) in [6.07, 6.45) is 1.89. The van der Waals surface area contributed by atoms with Crippen LogP contribution in [0.5, 0.6) is 0 Å². The molecule has 0 saturated carbocycles. The van der Waals surface area contributed by atoms with E-state index in [1.807, 2.05) is 20.0 Å². The topological polar surface area (TPSA) is 50.7 Å². The van der Waals surface area contributed by atoms with Crippen molar-refractivity contribution in [1.82, 2.24) is 15.2 Å². The maximum atomic E-state index is 4.18. The first kappa shape index (κ1) is 9.54. The lowest BCUT2D eigenvalue weighted by molar-refractivity contribution is 1.03. The molecular formula is C8H10N4S2. The van der Waals surface area contributed by atoms with Crippen molar-refractivity contribution in [3.05, 3.63) is 21.1 Å². The van der Waals surface area contributed by atoms with Crippen LogP contribution in [0.25, 0.3) is 0 Å². The van der Waals surface area contributed by atoms with Crippen LogP contribution < -0.4 is 5.32 Å². The minimum Gasteiger partial charge on any atom is -0.355 e. The standard InChI is InChI=1S/C8H10N4S2/c1-5-9-3-7(13-5)4-10-8-12-11-6(2)14-8/h3H,4H2,1-2H3,(H,10,12). The molecule has 0 atom stereocenters. The van der Waals surface area contributed by atoms with Crippen molar-refractivity contribution in [2.45, 2.75) is 20.4 Å². The van der Waals surface area contributed by atoms with Crippen molar-refractivity contribution < 1.29 is 0 Å². The summed E-state index contributed by atoms with van der Waals surface area (Å²) in [5.41, 5.74) is 0. The molecule has 1 N–H and O–H groups in total. The van der Waals surface area contributed by atoms with Gasteiger partial charge in [-0.1, -0.05) is 11.3 Å². The van der Waals surface area contributed by atoms with Gasteiger partial charge in [0, 0.05) is 11.1 Å². The lowest BCUT2D eigenvalue weighted by Gasteiger charge is -1.96. The van der Waals surface area contributed by atoms with Gasteiger partial charge in [-0.3, -0.25) is 0 Å². The molecule has 0 amide bonds. The van der Waals surface area contributed by atoms with Crippen LogP contribution in [-0.2, 0) is 6.54 Å². The Hall–Kier alpha value is -1.01. The average molecular weight is 226 g/mol. The van der Waals surface area contributed by atoms with Gasteiger partial charge in [0.1, 0.15) is 5.01 Å². The minimum absolute atomic E-state index is 0.778. The molecule has 0 spiro atoms. The molecular weight excluding hydrogens is 216 g/mol. The summed E-state index contributed by atoms with van der Waals surface area (Å²) in [5.74, 6) is 0. The molecule has 2 aromatic rings. The molecule has 2 rings (SSSR count). The molecule has 0 aliphatic carbocycles. The molecule has 74 valence electrons. The summed E-state index contributed by atoms with van der Waals surface area (Å²) < 4.78 is 0. The van der Waals surface area contributed by atoms with E-state index >= 15 is 0 Å². The van der Waals surface area contributed by atoms with E-state index in [0.717, 1.165) is 21.7 Å². The number of hydrogen-bond acceptors (Lipinski definition) is 6. The van der Waals surface area contributed by atoms with E-state index in [-0.39, 0.29) is 0 Å². The SMILES string of the molecule is Cc1ncc(CNc2nnc(C)s2)s1. The van der Waals surface area contributed by atoms with Crippen molar-refractivity contribution in [1.29, 1.82) is 0 Å². The monoisotopic (exact) mass is 226 g/mol. The zero-order valence-electron chi connectivity index (χ0n) is 7.94. The van der Waals surface area contributed by atoms with Gasteiger partial charge in [0.25, 0.3) is 0 Å². The van der Waals surface area contributed by atoms with Crippen molar-refractivity contribution in [2.24, 2.45) is 0 Å². The molecule has 0 unspecified atom stereocenters. The molecule has 0 aliphatic heterocycles. The second kappa shape index (κ2) is 4.02. The highest BCUT2D eigenvalue weighted by Gasteiger charge is 2.01. The number of rotatable bonds is 3. The van der Waals surface area contributed by atoms with Crippen LogP contribution in [0, 0.1) is 13.8 Å². The Bertz CT molecular complexity index is 380. The molecule has 2 heterocycles. The number of aryl methyl sites for hydroxylation is 2. The molecule has 14 heavy (non-hydrogen) atoms.